The summed E-state index contributed by atoms with van der Waals surface area (Å²) < 4.78 is 43.1. The van der Waals surface area contributed by atoms with Crippen molar-refractivity contribution in [1.29, 1.82) is 0 Å². The van der Waals surface area contributed by atoms with Gasteiger partial charge >= 0.3 is 12.1 Å². The van der Waals surface area contributed by atoms with Gasteiger partial charge in [0, 0.05) is 12.2 Å². The Labute approximate surface area is 115 Å². The number of anilines is 1. The zero-order chi connectivity index (χ0) is 15.1. The molecule has 0 aliphatic carbocycles. The van der Waals surface area contributed by atoms with Crippen molar-refractivity contribution in [2.75, 3.05) is 18.6 Å². The van der Waals surface area contributed by atoms with Crippen molar-refractivity contribution < 1.29 is 22.7 Å². The van der Waals surface area contributed by atoms with Crippen LogP contribution in [-0.4, -0.2) is 25.7 Å². The number of amides is 1. The summed E-state index contributed by atoms with van der Waals surface area (Å²) >= 11 is 0. The van der Waals surface area contributed by atoms with Crippen molar-refractivity contribution in [2.45, 2.75) is 31.9 Å². The highest BCUT2D eigenvalue weighted by Gasteiger charge is 2.46. The third-order valence-electron chi connectivity index (χ3n) is 3.67. The number of halogens is 3. The van der Waals surface area contributed by atoms with Gasteiger partial charge in [-0.15, -0.1) is 0 Å². The monoisotopic (exact) mass is 287 g/mol. The average Bonchev–Trinajstić information content (AvgIpc) is 2.37. The lowest BCUT2D eigenvalue weighted by Crippen LogP contribution is -2.46. The molecule has 0 unspecified atom stereocenters. The maximum atomic E-state index is 12.6. The summed E-state index contributed by atoms with van der Waals surface area (Å²) in [6.45, 7) is 3.95. The highest BCUT2D eigenvalue weighted by Crippen LogP contribution is 2.42. The molecule has 1 amide bonds. The fourth-order valence-electron chi connectivity index (χ4n) is 2.43. The second kappa shape index (κ2) is 4.68. The summed E-state index contributed by atoms with van der Waals surface area (Å²) in [7, 11) is 1.50. The van der Waals surface area contributed by atoms with Gasteiger partial charge in [0.25, 0.3) is 0 Å². The van der Waals surface area contributed by atoms with Crippen LogP contribution in [0.1, 0.15) is 25.8 Å². The number of alkyl halides is 3. The van der Waals surface area contributed by atoms with Gasteiger partial charge in [-0.2, -0.15) is 13.2 Å². The molecule has 110 valence electrons. The zero-order valence-electron chi connectivity index (χ0n) is 11.5. The van der Waals surface area contributed by atoms with Gasteiger partial charge in [-0.25, -0.2) is 0 Å². The van der Waals surface area contributed by atoms with E-state index in [9.17, 15) is 18.0 Å². The number of fused-ring (bicyclic) bond motifs is 1. The van der Waals surface area contributed by atoms with E-state index >= 15 is 0 Å². The zero-order valence-corrected chi connectivity index (χ0v) is 11.5. The Morgan fingerprint density at radius 3 is 2.55 bits per heavy atom. The molecule has 1 aromatic carbocycles. The Morgan fingerprint density at radius 2 is 2.00 bits per heavy atom. The molecule has 0 atom stereocenters. The summed E-state index contributed by atoms with van der Waals surface area (Å²) in [4.78, 5) is 12.3. The van der Waals surface area contributed by atoms with E-state index in [1.807, 2.05) is 13.8 Å². The second-order valence-electron chi connectivity index (χ2n) is 5.47. The Balaban J connectivity index is 2.51. The molecule has 3 nitrogen and oxygen atoms in total. The van der Waals surface area contributed by atoms with Crippen LogP contribution in [0.2, 0.25) is 0 Å². The van der Waals surface area contributed by atoms with Gasteiger partial charge in [0.15, 0.2) is 0 Å². The highest BCUT2D eigenvalue weighted by atomic mass is 19.4. The minimum Gasteiger partial charge on any atom is -0.497 e. The number of methoxy groups -OCH3 is 1. The van der Waals surface area contributed by atoms with Gasteiger partial charge in [0.2, 0.25) is 0 Å². The van der Waals surface area contributed by atoms with E-state index in [1.165, 1.54) is 13.2 Å². The fourth-order valence-corrected chi connectivity index (χ4v) is 2.43. The summed E-state index contributed by atoms with van der Waals surface area (Å²) in [5, 5.41) is 0. The van der Waals surface area contributed by atoms with Gasteiger partial charge in [0.05, 0.1) is 7.11 Å². The molecule has 2 rings (SSSR count). The first-order chi connectivity index (χ1) is 9.16. The number of carbonyl (C=O) groups excluding carboxylic acids is 1. The average molecular weight is 287 g/mol. The minimum absolute atomic E-state index is 0.0602. The molecule has 0 saturated heterocycles. The number of hydrogen-bond acceptors (Lipinski definition) is 2. The predicted molar refractivity (Wildman–Crippen MR) is 69.0 cm³/mol. The van der Waals surface area contributed by atoms with Gasteiger partial charge in [-0.3, -0.25) is 4.79 Å². The van der Waals surface area contributed by atoms with Crippen LogP contribution >= 0.6 is 0 Å². The van der Waals surface area contributed by atoms with E-state index in [0.29, 0.717) is 23.4 Å². The SMILES string of the molecule is COc1ccc2c(c1)C(C)(C)CCN2C(=O)C(F)(F)F. The third kappa shape index (κ3) is 2.46. The smallest absolute Gasteiger partial charge is 0.471 e. The number of ether oxygens (including phenoxy) is 1. The Bertz CT molecular complexity index is 538. The summed E-state index contributed by atoms with van der Waals surface area (Å²) in [5.74, 6) is -1.25. The van der Waals surface area contributed by atoms with Crippen LogP contribution in [0.5, 0.6) is 5.75 Å². The highest BCUT2D eigenvalue weighted by molar-refractivity contribution is 5.98. The summed E-state index contributed by atoms with van der Waals surface area (Å²) in [5.41, 5.74) is 0.705. The second-order valence-corrected chi connectivity index (χ2v) is 5.47. The molecular weight excluding hydrogens is 271 g/mol. The quantitative estimate of drug-likeness (QED) is 0.793. The first-order valence-electron chi connectivity index (χ1n) is 6.24. The number of rotatable bonds is 1. The van der Waals surface area contributed by atoms with E-state index in [2.05, 4.69) is 0 Å². The first-order valence-corrected chi connectivity index (χ1v) is 6.24. The van der Waals surface area contributed by atoms with E-state index < -0.39 is 12.1 Å². The lowest BCUT2D eigenvalue weighted by atomic mass is 9.77. The normalized spacial score (nSPS) is 17.6. The summed E-state index contributed by atoms with van der Waals surface area (Å²) in [6, 6.07) is 4.78. The van der Waals surface area contributed by atoms with Crippen LogP contribution in [0.15, 0.2) is 18.2 Å². The van der Waals surface area contributed by atoms with Gasteiger partial charge < -0.3 is 9.64 Å². The standard InChI is InChI=1S/C14H16F3NO2/c1-13(2)6-7-18(12(19)14(15,16)17)11-5-4-9(20-3)8-10(11)13/h4-5,8H,6-7H2,1-3H3. The van der Waals surface area contributed by atoms with Crippen LogP contribution in [0, 0.1) is 0 Å². The van der Waals surface area contributed by atoms with Crippen LogP contribution in [0.4, 0.5) is 18.9 Å². The molecule has 0 saturated carbocycles. The number of hydrogen-bond donors (Lipinski definition) is 0. The van der Waals surface area contributed by atoms with Crippen LogP contribution < -0.4 is 9.64 Å². The molecule has 20 heavy (non-hydrogen) atoms. The van der Waals surface area contributed by atoms with Crippen molar-refractivity contribution >= 4 is 11.6 Å². The third-order valence-corrected chi connectivity index (χ3v) is 3.67. The number of benzene rings is 1. The largest absolute Gasteiger partial charge is 0.497 e. The topological polar surface area (TPSA) is 29.5 Å². The maximum Gasteiger partial charge on any atom is 0.471 e. The maximum absolute atomic E-state index is 12.6. The molecule has 1 heterocycles. The van der Waals surface area contributed by atoms with Crippen molar-refractivity contribution in [2.24, 2.45) is 0 Å². The number of carbonyl (C=O) groups is 1. The minimum atomic E-state index is -4.86. The Kier molecular flexibility index (Phi) is 3.44. The van der Waals surface area contributed by atoms with Crippen LogP contribution in [-0.2, 0) is 10.2 Å². The molecule has 0 radical (unpaired) electrons. The van der Waals surface area contributed by atoms with Crippen molar-refractivity contribution in [3.8, 4) is 5.75 Å². The lowest BCUT2D eigenvalue weighted by Gasteiger charge is -2.39. The predicted octanol–water partition coefficient (Wildman–Crippen LogP) is 3.27. The van der Waals surface area contributed by atoms with Crippen molar-refractivity contribution in [3.05, 3.63) is 23.8 Å². The Hall–Kier alpha value is -1.72. The lowest BCUT2D eigenvalue weighted by molar-refractivity contribution is -0.170. The molecule has 6 heteroatoms. The van der Waals surface area contributed by atoms with Crippen LogP contribution in [0.25, 0.3) is 0 Å². The van der Waals surface area contributed by atoms with Gasteiger partial charge in [0.1, 0.15) is 5.75 Å². The van der Waals surface area contributed by atoms with E-state index in [1.54, 1.807) is 12.1 Å². The van der Waals surface area contributed by atoms with E-state index in [0.717, 1.165) is 4.90 Å². The summed E-state index contributed by atoms with van der Waals surface area (Å²) in [6.07, 6.45) is -4.40. The molecule has 1 aliphatic heterocycles. The molecule has 0 bridgehead atoms. The van der Waals surface area contributed by atoms with Gasteiger partial charge in [-0.05, 0) is 35.6 Å². The van der Waals surface area contributed by atoms with Crippen LogP contribution in [0.3, 0.4) is 0 Å². The van der Waals surface area contributed by atoms with Crippen molar-refractivity contribution in [1.82, 2.24) is 0 Å². The molecule has 0 spiro atoms. The number of nitrogens with zero attached hydrogens (tertiary/aromatic N) is 1. The van der Waals surface area contributed by atoms with E-state index in [4.69, 9.17) is 4.74 Å². The molecule has 0 N–H and O–H groups in total. The van der Waals surface area contributed by atoms with E-state index in [-0.39, 0.29) is 12.0 Å². The fraction of sp³-hybridized carbons (Fsp3) is 0.500. The molecule has 1 aliphatic rings. The molecule has 0 aromatic heterocycles. The Morgan fingerprint density at radius 1 is 1.35 bits per heavy atom. The molecule has 1 aromatic rings. The molecule has 0 fully saturated rings. The van der Waals surface area contributed by atoms with Gasteiger partial charge in [-0.1, -0.05) is 13.8 Å². The molecular formula is C14H16F3NO2. The van der Waals surface area contributed by atoms with Crippen molar-refractivity contribution in [3.63, 3.8) is 0 Å². The first kappa shape index (κ1) is 14.7.